The number of ether oxygens (including phenoxy) is 1. The van der Waals surface area contributed by atoms with Gasteiger partial charge in [-0.15, -0.1) is 0 Å². The lowest BCUT2D eigenvalue weighted by atomic mass is 9.98. The van der Waals surface area contributed by atoms with Crippen molar-refractivity contribution in [2.24, 2.45) is 0 Å². The van der Waals surface area contributed by atoms with Gasteiger partial charge in [0.25, 0.3) is 0 Å². The molecule has 16 heavy (non-hydrogen) atoms. The molecule has 1 aromatic rings. The topological polar surface area (TPSA) is 70.3 Å². The zero-order valence-electron chi connectivity index (χ0n) is 9.28. The predicted octanol–water partition coefficient (Wildman–Crippen LogP) is 1.54. The van der Waals surface area contributed by atoms with E-state index in [4.69, 9.17) is 10.00 Å². The van der Waals surface area contributed by atoms with Gasteiger partial charge in [0.2, 0.25) is 0 Å². The van der Waals surface area contributed by atoms with Gasteiger partial charge in [-0.05, 0) is 25.5 Å². The summed E-state index contributed by atoms with van der Waals surface area (Å²) in [5.74, 6) is -0.511. The Kier molecular flexibility index (Phi) is 4.03. The van der Waals surface area contributed by atoms with E-state index >= 15 is 0 Å². The molecule has 4 heteroatoms. The summed E-state index contributed by atoms with van der Waals surface area (Å²) >= 11 is 0. The molecule has 0 fully saturated rings. The van der Waals surface area contributed by atoms with Crippen LogP contribution in [0.2, 0.25) is 0 Å². The first kappa shape index (κ1) is 12.2. The molecule has 0 aliphatic heterocycles. The standard InChI is InChI=1S/C12H13NO3/c1-3-16-12(15)9-5-4-8(2)10(6-13)11(9)7-14/h4-5,14H,3,7H2,1-2H3. The van der Waals surface area contributed by atoms with Gasteiger partial charge in [0.15, 0.2) is 0 Å². The second-order valence-electron chi connectivity index (χ2n) is 3.27. The molecule has 0 bridgehead atoms. The van der Waals surface area contributed by atoms with Crippen LogP contribution in [-0.4, -0.2) is 17.7 Å². The van der Waals surface area contributed by atoms with Crippen molar-refractivity contribution in [2.45, 2.75) is 20.5 Å². The van der Waals surface area contributed by atoms with Crippen LogP contribution in [0, 0.1) is 18.3 Å². The van der Waals surface area contributed by atoms with E-state index in [1.54, 1.807) is 26.0 Å². The van der Waals surface area contributed by atoms with Crippen molar-refractivity contribution in [3.8, 4) is 6.07 Å². The van der Waals surface area contributed by atoms with Gasteiger partial charge in [0, 0.05) is 5.56 Å². The number of esters is 1. The highest BCUT2D eigenvalue weighted by molar-refractivity contribution is 5.92. The number of carbonyl (C=O) groups excluding carboxylic acids is 1. The van der Waals surface area contributed by atoms with E-state index in [9.17, 15) is 9.90 Å². The highest BCUT2D eigenvalue weighted by Gasteiger charge is 2.16. The van der Waals surface area contributed by atoms with Crippen LogP contribution in [0.3, 0.4) is 0 Å². The summed E-state index contributed by atoms with van der Waals surface area (Å²) in [5.41, 5.74) is 1.67. The summed E-state index contributed by atoms with van der Waals surface area (Å²) in [5, 5.41) is 18.2. The maximum Gasteiger partial charge on any atom is 0.338 e. The van der Waals surface area contributed by atoms with E-state index in [1.165, 1.54) is 0 Å². The Morgan fingerprint density at radius 3 is 2.75 bits per heavy atom. The summed E-state index contributed by atoms with van der Waals surface area (Å²) in [6, 6.07) is 5.22. The summed E-state index contributed by atoms with van der Waals surface area (Å²) in [6.07, 6.45) is 0. The summed E-state index contributed by atoms with van der Waals surface area (Å²) in [4.78, 5) is 11.6. The molecule has 4 nitrogen and oxygen atoms in total. The molecule has 0 spiro atoms. The molecule has 1 rings (SSSR count). The maximum atomic E-state index is 11.6. The number of aliphatic hydroxyl groups is 1. The van der Waals surface area contributed by atoms with Gasteiger partial charge < -0.3 is 9.84 Å². The summed E-state index contributed by atoms with van der Waals surface area (Å²) in [7, 11) is 0. The van der Waals surface area contributed by atoms with E-state index in [0.717, 1.165) is 5.56 Å². The van der Waals surface area contributed by atoms with Crippen molar-refractivity contribution in [1.82, 2.24) is 0 Å². The molecule has 0 atom stereocenters. The highest BCUT2D eigenvalue weighted by Crippen LogP contribution is 2.19. The monoisotopic (exact) mass is 219 g/mol. The van der Waals surface area contributed by atoms with Gasteiger partial charge in [0.05, 0.1) is 30.4 Å². The number of rotatable bonds is 3. The fourth-order valence-electron chi connectivity index (χ4n) is 1.48. The molecule has 0 heterocycles. The highest BCUT2D eigenvalue weighted by atomic mass is 16.5. The summed E-state index contributed by atoms with van der Waals surface area (Å²) < 4.78 is 4.85. The van der Waals surface area contributed by atoms with Crippen molar-refractivity contribution in [2.75, 3.05) is 6.61 Å². The van der Waals surface area contributed by atoms with Crippen LogP contribution < -0.4 is 0 Å². The Balaban J connectivity index is 3.31. The minimum absolute atomic E-state index is 0.256. The van der Waals surface area contributed by atoms with Crippen LogP contribution >= 0.6 is 0 Å². The third-order valence-electron chi connectivity index (χ3n) is 2.29. The minimum Gasteiger partial charge on any atom is -0.462 e. The molecule has 0 aliphatic carbocycles. The van der Waals surface area contributed by atoms with E-state index in [-0.39, 0.29) is 18.8 Å². The fraction of sp³-hybridized carbons (Fsp3) is 0.333. The van der Waals surface area contributed by atoms with Crippen molar-refractivity contribution >= 4 is 5.97 Å². The number of aliphatic hydroxyl groups excluding tert-OH is 1. The number of hydrogen-bond donors (Lipinski definition) is 1. The van der Waals surface area contributed by atoms with E-state index in [1.807, 2.05) is 6.07 Å². The van der Waals surface area contributed by atoms with Crippen molar-refractivity contribution in [1.29, 1.82) is 5.26 Å². The average molecular weight is 219 g/mol. The van der Waals surface area contributed by atoms with Crippen molar-refractivity contribution in [3.05, 3.63) is 34.4 Å². The van der Waals surface area contributed by atoms with Crippen molar-refractivity contribution in [3.63, 3.8) is 0 Å². The van der Waals surface area contributed by atoms with Crippen LogP contribution in [0.4, 0.5) is 0 Å². The number of benzene rings is 1. The smallest absolute Gasteiger partial charge is 0.338 e. The first-order chi connectivity index (χ1) is 7.65. The van der Waals surface area contributed by atoms with Crippen LogP contribution in [-0.2, 0) is 11.3 Å². The molecule has 0 aliphatic rings. The lowest BCUT2D eigenvalue weighted by Crippen LogP contribution is -2.10. The number of nitriles is 1. The van der Waals surface area contributed by atoms with Crippen molar-refractivity contribution < 1.29 is 14.6 Å². The van der Waals surface area contributed by atoms with Gasteiger partial charge >= 0.3 is 5.97 Å². The Morgan fingerprint density at radius 2 is 2.25 bits per heavy atom. The molecular formula is C12H13NO3. The Labute approximate surface area is 94.1 Å². The van der Waals surface area contributed by atoms with Crippen LogP contribution in [0.25, 0.3) is 0 Å². The number of nitrogens with zero attached hydrogens (tertiary/aromatic N) is 1. The van der Waals surface area contributed by atoms with Gasteiger partial charge in [-0.3, -0.25) is 0 Å². The van der Waals surface area contributed by atoms with Gasteiger partial charge in [-0.1, -0.05) is 6.07 Å². The molecule has 0 radical (unpaired) electrons. The Hall–Kier alpha value is -1.86. The SMILES string of the molecule is CCOC(=O)c1ccc(C)c(C#N)c1CO. The first-order valence-electron chi connectivity index (χ1n) is 4.96. The lowest BCUT2D eigenvalue weighted by molar-refractivity contribution is 0.0522. The Morgan fingerprint density at radius 1 is 1.56 bits per heavy atom. The molecule has 0 unspecified atom stereocenters. The van der Waals surface area contributed by atoms with E-state index < -0.39 is 5.97 Å². The minimum atomic E-state index is -0.511. The predicted molar refractivity (Wildman–Crippen MR) is 57.8 cm³/mol. The van der Waals surface area contributed by atoms with Crippen LogP contribution in [0.5, 0.6) is 0 Å². The maximum absolute atomic E-state index is 11.6. The molecule has 0 aromatic heterocycles. The average Bonchev–Trinajstić information content (AvgIpc) is 2.28. The second-order valence-corrected chi connectivity index (χ2v) is 3.27. The number of aryl methyl sites for hydroxylation is 1. The third-order valence-corrected chi connectivity index (χ3v) is 2.29. The van der Waals surface area contributed by atoms with Crippen LogP contribution in [0.15, 0.2) is 12.1 Å². The molecule has 0 saturated heterocycles. The molecular weight excluding hydrogens is 206 g/mol. The lowest BCUT2D eigenvalue weighted by Gasteiger charge is -2.10. The zero-order valence-corrected chi connectivity index (χ0v) is 9.28. The molecule has 0 saturated carbocycles. The van der Waals surface area contributed by atoms with Gasteiger partial charge in [-0.2, -0.15) is 5.26 Å². The normalized spacial score (nSPS) is 9.62. The van der Waals surface area contributed by atoms with Crippen LogP contribution in [0.1, 0.15) is 34.0 Å². The fourth-order valence-corrected chi connectivity index (χ4v) is 1.48. The number of hydrogen-bond acceptors (Lipinski definition) is 4. The van der Waals surface area contributed by atoms with E-state index in [2.05, 4.69) is 0 Å². The molecule has 0 amide bonds. The Bertz CT molecular complexity index is 446. The second kappa shape index (κ2) is 5.29. The first-order valence-corrected chi connectivity index (χ1v) is 4.96. The summed E-state index contributed by atoms with van der Waals surface area (Å²) in [6.45, 7) is 3.38. The third kappa shape index (κ3) is 2.20. The van der Waals surface area contributed by atoms with Gasteiger partial charge in [0.1, 0.15) is 0 Å². The molecule has 1 N–H and O–H groups in total. The molecule has 84 valence electrons. The number of carbonyl (C=O) groups is 1. The van der Waals surface area contributed by atoms with E-state index in [0.29, 0.717) is 11.1 Å². The van der Waals surface area contributed by atoms with Gasteiger partial charge in [-0.25, -0.2) is 4.79 Å². The molecule has 1 aromatic carbocycles. The zero-order chi connectivity index (χ0) is 12.1. The largest absolute Gasteiger partial charge is 0.462 e. The quantitative estimate of drug-likeness (QED) is 0.783.